The molecular weight excluding hydrogens is 258 g/mol. The number of primary amides is 1. The summed E-state index contributed by atoms with van der Waals surface area (Å²) in [6, 6.07) is 3.40. The molecule has 0 unspecified atom stereocenters. The van der Waals surface area contributed by atoms with Crippen LogP contribution in [-0.4, -0.2) is 12.1 Å². The molecule has 2 N–H and O–H groups in total. The fourth-order valence-electron chi connectivity index (χ4n) is 2.09. The van der Waals surface area contributed by atoms with E-state index in [2.05, 4.69) is 11.8 Å². The number of rotatable bonds is 4. The normalized spacial score (nSPS) is 10.8. The highest BCUT2D eigenvalue weighted by molar-refractivity contribution is 5.95. The molecule has 0 saturated carbocycles. The fraction of sp³-hybridized carbons (Fsp3) is 0.400. The van der Waals surface area contributed by atoms with Gasteiger partial charge in [0, 0.05) is 11.1 Å². The number of benzene rings is 1. The molecule has 1 radical (unpaired) electrons. The minimum atomic E-state index is -0.921. The largest absolute Gasteiger partial charge is 0.513 e. The Balaban J connectivity index is 3.56. The van der Waals surface area contributed by atoms with E-state index in [9.17, 15) is 9.59 Å². The van der Waals surface area contributed by atoms with E-state index < -0.39 is 12.1 Å². The monoisotopic (exact) mass is 278 g/mol. The molecule has 1 aromatic carbocycles. The summed E-state index contributed by atoms with van der Waals surface area (Å²) in [7, 11) is 3.02. The second-order valence-electron chi connectivity index (χ2n) is 5.12. The molecule has 20 heavy (non-hydrogen) atoms. The summed E-state index contributed by atoms with van der Waals surface area (Å²) in [6.07, 6.45) is -0.921. The molecule has 0 atom stereocenters. The molecule has 0 bridgehead atoms. The number of carbonyl (C=O) groups excluding carboxylic acids is 2. The smallest absolute Gasteiger partial charge is 0.430 e. The zero-order valence-electron chi connectivity index (χ0n) is 12.2. The van der Waals surface area contributed by atoms with E-state index in [4.69, 9.17) is 10.5 Å². The average molecular weight is 278 g/mol. The first-order chi connectivity index (χ1) is 9.29. The molecule has 1 aromatic rings. The summed E-state index contributed by atoms with van der Waals surface area (Å²) < 4.78 is 9.50. The summed E-state index contributed by atoms with van der Waals surface area (Å²) in [5, 5.41) is 0. The molecule has 0 aliphatic heterocycles. The Morgan fingerprint density at radius 2 is 1.75 bits per heavy atom. The van der Waals surface area contributed by atoms with E-state index in [1.165, 1.54) is 0 Å². The summed E-state index contributed by atoms with van der Waals surface area (Å²) in [5.74, 6) is -0.150. The molecule has 1 rings (SSSR count). The second kappa shape index (κ2) is 6.41. The molecule has 0 heterocycles. The van der Waals surface area contributed by atoms with Crippen molar-refractivity contribution in [3.63, 3.8) is 0 Å². The molecule has 109 valence electrons. The number of hydrogen-bond donors (Lipinski definition) is 1. The first-order valence-electron chi connectivity index (χ1n) is 6.40. The van der Waals surface area contributed by atoms with Gasteiger partial charge in [-0.3, -0.25) is 4.79 Å². The van der Waals surface area contributed by atoms with Crippen molar-refractivity contribution < 1.29 is 19.1 Å². The molecule has 0 spiro atoms. The Bertz CT molecular complexity index is 521. The molecule has 0 fully saturated rings. The fourth-order valence-corrected chi connectivity index (χ4v) is 2.09. The van der Waals surface area contributed by atoms with Crippen LogP contribution in [0.2, 0.25) is 0 Å². The average Bonchev–Trinajstić information content (AvgIpc) is 2.36. The molecule has 1 amide bonds. The van der Waals surface area contributed by atoms with Crippen molar-refractivity contribution in [3.8, 4) is 5.75 Å². The maximum atomic E-state index is 11.6. The van der Waals surface area contributed by atoms with Gasteiger partial charge in [0.1, 0.15) is 12.9 Å². The standard InChI is InChI=1S/C15H20NO4/c1-8(2)10-6-7-11(14(16)17)12(9(3)4)13(10)20-15(18)19-5/h6-9H,5H2,1-4H3,(H2,16,17). The Hall–Kier alpha value is -2.04. The molecule has 5 nitrogen and oxygen atoms in total. The van der Waals surface area contributed by atoms with Crippen molar-refractivity contribution in [1.82, 2.24) is 0 Å². The lowest BCUT2D eigenvalue weighted by molar-refractivity contribution is 0.0996. The lowest BCUT2D eigenvalue weighted by Crippen LogP contribution is -2.18. The van der Waals surface area contributed by atoms with Gasteiger partial charge in [-0.1, -0.05) is 33.8 Å². The minimum absolute atomic E-state index is 0.0381. The highest BCUT2D eigenvalue weighted by Crippen LogP contribution is 2.37. The van der Waals surface area contributed by atoms with E-state index in [0.29, 0.717) is 16.9 Å². The van der Waals surface area contributed by atoms with Gasteiger partial charge in [-0.2, -0.15) is 0 Å². The van der Waals surface area contributed by atoms with E-state index in [1.54, 1.807) is 12.1 Å². The molecule has 0 aliphatic carbocycles. The highest BCUT2D eigenvalue weighted by atomic mass is 16.7. The van der Waals surface area contributed by atoms with Crippen molar-refractivity contribution >= 4 is 12.1 Å². The van der Waals surface area contributed by atoms with Crippen molar-refractivity contribution in [1.29, 1.82) is 0 Å². The van der Waals surface area contributed by atoms with Crippen LogP contribution < -0.4 is 10.5 Å². The Kier molecular flexibility index (Phi) is 5.13. The quantitative estimate of drug-likeness (QED) is 0.676. The summed E-state index contributed by atoms with van der Waals surface area (Å²) in [6.45, 7) is 7.72. The van der Waals surface area contributed by atoms with Gasteiger partial charge in [0.2, 0.25) is 5.91 Å². The van der Waals surface area contributed by atoms with Gasteiger partial charge in [-0.05, 0) is 23.5 Å². The number of carbonyl (C=O) groups is 2. The molecule has 0 aliphatic rings. The number of nitrogens with two attached hydrogens (primary N) is 1. The van der Waals surface area contributed by atoms with Crippen LogP contribution in [0.25, 0.3) is 0 Å². The van der Waals surface area contributed by atoms with Crippen LogP contribution in [0.15, 0.2) is 12.1 Å². The Morgan fingerprint density at radius 3 is 2.15 bits per heavy atom. The topological polar surface area (TPSA) is 78.6 Å². The van der Waals surface area contributed by atoms with Gasteiger partial charge in [-0.15, -0.1) is 0 Å². The Morgan fingerprint density at radius 1 is 1.15 bits per heavy atom. The first kappa shape index (κ1) is 16.0. The predicted molar refractivity (Wildman–Crippen MR) is 75.6 cm³/mol. The second-order valence-corrected chi connectivity index (χ2v) is 5.12. The van der Waals surface area contributed by atoms with Crippen LogP contribution in [0.4, 0.5) is 4.79 Å². The zero-order valence-corrected chi connectivity index (χ0v) is 12.2. The summed E-state index contributed by atoms with van der Waals surface area (Å²) in [5.41, 5.74) is 7.15. The summed E-state index contributed by atoms with van der Waals surface area (Å²) in [4.78, 5) is 22.9. The lowest BCUT2D eigenvalue weighted by Gasteiger charge is -2.20. The minimum Gasteiger partial charge on any atom is -0.430 e. The van der Waals surface area contributed by atoms with Crippen LogP contribution in [0.5, 0.6) is 5.75 Å². The van der Waals surface area contributed by atoms with Crippen LogP contribution >= 0.6 is 0 Å². The van der Waals surface area contributed by atoms with Gasteiger partial charge in [-0.25, -0.2) is 4.79 Å². The molecular formula is C15H20NO4. The van der Waals surface area contributed by atoms with Crippen LogP contribution in [-0.2, 0) is 4.74 Å². The summed E-state index contributed by atoms with van der Waals surface area (Å²) >= 11 is 0. The molecule has 0 saturated heterocycles. The maximum Gasteiger partial charge on any atom is 0.513 e. The van der Waals surface area contributed by atoms with Gasteiger partial charge in [0.25, 0.3) is 0 Å². The Labute approximate surface area is 119 Å². The van der Waals surface area contributed by atoms with Gasteiger partial charge < -0.3 is 15.2 Å². The van der Waals surface area contributed by atoms with Gasteiger partial charge in [0.15, 0.2) is 0 Å². The predicted octanol–water partition coefficient (Wildman–Crippen LogP) is 3.34. The highest BCUT2D eigenvalue weighted by Gasteiger charge is 2.23. The first-order valence-corrected chi connectivity index (χ1v) is 6.40. The molecule has 0 aromatic heterocycles. The van der Waals surface area contributed by atoms with Gasteiger partial charge in [0.05, 0.1) is 0 Å². The third kappa shape index (κ3) is 3.29. The van der Waals surface area contributed by atoms with Crippen LogP contribution in [0.1, 0.15) is 61.0 Å². The SMILES string of the molecule is [CH2]OC(=O)Oc1c(C(C)C)ccc(C(N)=O)c1C(C)C. The number of amides is 1. The van der Waals surface area contributed by atoms with Gasteiger partial charge >= 0.3 is 6.16 Å². The van der Waals surface area contributed by atoms with Crippen molar-refractivity contribution in [3.05, 3.63) is 35.9 Å². The van der Waals surface area contributed by atoms with Crippen LogP contribution in [0, 0.1) is 7.11 Å². The lowest BCUT2D eigenvalue weighted by atomic mass is 9.89. The van der Waals surface area contributed by atoms with E-state index in [0.717, 1.165) is 5.56 Å². The van der Waals surface area contributed by atoms with Crippen molar-refractivity contribution in [2.24, 2.45) is 5.73 Å². The maximum absolute atomic E-state index is 11.6. The van der Waals surface area contributed by atoms with Crippen LogP contribution in [0.3, 0.4) is 0 Å². The van der Waals surface area contributed by atoms with Crippen molar-refractivity contribution in [2.45, 2.75) is 39.5 Å². The number of hydrogen-bond acceptors (Lipinski definition) is 4. The third-order valence-electron chi connectivity index (χ3n) is 2.99. The zero-order chi connectivity index (χ0) is 15.4. The van der Waals surface area contributed by atoms with E-state index in [1.807, 2.05) is 27.7 Å². The van der Waals surface area contributed by atoms with Crippen molar-refractivity contribution in [2.75, 3.05) is 0 Å². The molecule has 5 heteroatoms. The third-order valence-corrected chi connectivity index (χ3v) is 2.99. The van der Waals surface area contributed by atoms with E-state index in [-0.39, 0.29) is 11.8 Å². The number of ether oxygens (including phenoxy) is 2. The van der Waals surface area contributed by atoms with E-state index >= 15 is 0 Å².